The molecule has 1 N–H and O–H groups in total. The minimum atomic E-state index is -2.28. The van der Waals surface area contributed by atoms with Crippen LogP contribution in [0.1, 0.15) is 6.92 Å². The van der Waals surface area contributed by atoms with Gasteiger partial charge in [-0.2, -0.15) is 0 Å². The standard InChI is InChI=1S/C5H14FI2NP2/c1-5(6,10(2)9)11(3,4,7)8/h9-10H,1-4H3. The van der Waals surface area contributed by atoms with E-state index in [2.05, 4.69) is 44.1 Å². The molecule has 0 aliphatic carbocycles. The van der Waals surface area contributed by atoms with Crippen molar-refractivity contribution in [2.45, 2.75) is 12.1 Å². The van der Waals surface area contributed by atoms with Crippen molar-refractivity contribution < 1.29 is 4.39 Å². The zero-order valence-corrected chi connectivity index (χ0v) is 13.3. The Balaban J connectivity index is 5.01. The predicted molar refractivity (Wildman–Crippen MR) is 73.3 cm³/mol. The summed E-state index contributed by atoms with van der Waals surface area (Å²) in [5, 5.41) is 6.26. The maximum atomic E-state index is 14.0. The summed E-state index contributed by atoms with van der Waals surface area (Å²) >= 11 is 4.43. The Morgan fingerprint density at radius 2 is 1.73 bits per heavy atom. The first-order chi connectivity index (χ1) is 4.46. The Morgan fingerprint density at radius 1 is 1.45 bits per heavy atom. The first kappa shape index (κ1) is 13.1. The van der Waals surface area contributed by atoms with E-state index in [9.17, 15) is 4.39 Å². The number of hydrogen-bond donors (Lipinski definition) is 1. The van der Waals surface area contributed by atoms with Crippen LogP contribution in [-0.2, 0) is 0 Å². The monoisotopic (exact) mass is 423 g/mol. The molecular weight excluding hydrogens is 409 g/mol. The Hall–Kier alpha value is 2.05. The van der Waals surface area contributed by atoms with Crippen molar-refractivity contribution in [3.05, 3.63) is 0 Å². The number of alkyl halides is 1. The Kier molecular flexibility index (Phi) is 3.94. The molecular formula is C5H14FI2NP2. The fraction of sp³-hybridized carbons (Fsp3) is 1.00. The molecule has 0 aromatic carbocycles. The average molecular weight is 423 g/mol. The first-order valence-corrected chi connectivity index (χ1v) is 13.8. The average Bonchev–Trinajstić information content (AvgIpc) is 1.59. The molecule has 0 saturated carbocycles. The Labute approximate surface area is 94.4 Å². The molecule has 0 heterocycles. The third kappa shape index (κ3) is 3.03. The molecule has 0 rings (SSSR count). The second-order valence-corrected chi connectivity index (χ2v) is 33.3. The molecule has 0 saturated heterocycles. The van der Waals surface area contributed by atoms with Gasteiger partial charge in [-0.05, 0) is 0 Å². The van der Waals surface area contributed by atoms with Gasteiger partial charge >= 0.3 is 95.3 Å². The van der Waals surface area contributed by atoms with Gasteiger partial charge in [-0.15, -0.1) is 0 Å². The molecule has 0 bridgehead atoms. The van der Waals surface area contributed by atoms with Crippen LogP contribution in [0.3, 0.4) is 0 Å². The number of halogens is 3. The van der Waals surface area contributed by atoms with E-state index in [0.717, 1.165) is 0 Å². The van der Waals surface area contributed by atoms with Gasteiger partial charge in [-0.25, -0.2) is 0 Å². The molecule has 2 unspecified atom stereocenters. The van der Waals surface area contributed by atoms with Crippen LogP contribution in [0.4, 0.5) is 4.39 Å². The van der Waals surface area contributed by atoms with E-state index in [0.29, 0.717) is 0 Å². The van der Waals surface area contributed by atoms with Crippen molar-refractivity contribution in [3.63, 3.8) is 0 Å². The van der Waals surface area contributed by atoms with E-state index >= 15 is 0 Å². The minimum absolute atomic E-state index is 1.25. The number of rotatable bonds is 2. The SMILES string of the molecule is C[PH](=N)C(C)(F)P(C)(C)(I)I. The van der Waals surface area contributed by atoms with Crippen LogP contribution in [0.25, 0.3) is 0 Å². The van der Waals surface area contributed by atoms with Gasteiger partial charge in [0.05, 0.1) is 0 Å². The van der Waals surface area contributed by atoms with Crippen molar-refractivity contribution in [1.82, 2.24) is 0 Å². The molecule has 1 nitrogen and oxygen atoms in total. The molecule has 0 aliphatic heterocycles. The second kappa shape index (κ2) is 3.32. The quantitative estimate of drug-likeness (QED) is 0.490. The van der Waals surface area contributed by atoms with Gasteiger partial charge in [-0.1, -0.05) is 0 Å². The van der Waals surface area contributed by atoms with Gasteiger partial charge < -0.3 is 0 Å². The van der Waals surface area contributed by atoms with E-state index in [1.54, 1.807) is 13.6 Å². The number of nitrogens with one attached hydrogen (secondary N) is 1. The third-order valence-electron chi connectivity index (χ3n) is 1.84. The molecule has 0 radical (unpaired) electrons. The van der Waals surface area contributed by atoms with Gasteiger partial charge in [0, 0.05) is 0 Å². The molecule has 0 aromatic heterocycles. The maximum absolute atomic E-state index is 14.0. The fourth-order valence-corrected chi connectivity index (χ4v) is 10.7. The van der Waals surface area contributed by atoms with Crippen molar-refractivity contribution in [3.8, 4) is 0 Å². The molecule has 6 heteroatoms. The molecule has 0 fully saturated rings. The van der Waals surface area contributed by atoms with Gasteiger partial charge in [0.2, 0.25) is 0 Å². The van der Waals surface area contributed by atoms with Crippen LogP contribution in [0.5, 0.6) is 0 Å². The van der Waals surface area contributed by atoms with Crippen LogP contribution in [0, 0.1) is 5.16 Å². The normalized spacial score (nSPS) is 24.8. The van der Waals surface area contributed by atoms with Crippen LogP contribution >= 0.6 is 53.7 Å². The zero-order chi connectivity index (χ0) is 9.52. The summed E-state index contributed by atoms with van der Waals surface area (Å²) in [4.78, 5) is 0. The molecule has 70 valence electrons. The summed E-state index contributed by atoms with van der Waals surface area (Å²) in [5.74, 6) is 0. The van der Waals surface area contributed by atoms with Crippen LogP contribution < -0.4 is 0 Å². The van der Waals surface area contributed by atoms with E-state index in [-0.39, 0.29) is 0 Å². The summed E-state index contributed by atoms with van der Waals surface area (Å²) in [7, 11) is -1.60. The van der Waals surface area contributed by atoms with Crippen LogP contribution in [0.2, 0.25) is 0 Å². The van der Waals surface area contributed by atoms with Crippen molar-refractivity contribution >= 4 is 53.7 Å². The van der Waals surface area contributed by atoms with E-state index < -0.39 is 14.8 Å². The second-order valence-electron chi connectivity index (χ2n) is 3.38. The molecule has 2 atom stereocenters. The van der Waals surface area contributed by atoms with Gasteiger partial charge in [-0.3, -0.25) is 0 Å². The summed E-state index contributed by atoms with van der Waals surface area (Å²) in [6.45, 7) is 7.24. The molecule has 0 aliphatic rings. The van der Waals surface area contributed by atoms with Gasteiger partial charge in [0.25, 0.3) is 0 Å². The zero-order valence-electron chi connectivity index (χ0n) is 7.08. The Bertz CT molecular complexity index is 187. The van der Waals surface area contributed by atoms with Crippen LogP contribution in [0.15, 0.2) is 0 Å². The fourth-order valence-electron chi connectivity index (χ4n) is 0.462. The summed E-state index contributed by atoms with van der Waals surface area (Å²) in [6.07, 6.45) is 0. The third-order valence-corrected chi connectivity index (χ3v) is 16.7. The topological polar surface area (TPSA) is 23.9 Å². The van der Waals surface area contributed by atoms with Gasteiger partial charge in [0.1, 0.15) is 0 Å². The number of hydrogen-bond acceptors (Lipinski definition) is 1. The van der Waals surface area contributed by atoms with Gasteiger partial charge in [0.15, 0.2) is 0 Å². The van der Waals surface area contributed by atoms with Crippen LogP contribution in [-0.4, -0.2) is 25.1 Å². The van der Waals surface area contributed by atoms with Crippen molar-refractivity contribution in [2.75, 3.05) is 20.0 Å². The summed E-state index contributed by atoms with van der Waals surface area (Å²) in [5.41, 5.74) is 0. The predicted octanol–water partition coefficient (Wildman–Crippen LogP) is 4.75. The van der Waals surface area contributed by atoms with Crippen molar-refractivity contribution in [1.29, 1.82) is 5.16 Å². The first-order valence-electron chi connectivity index (χ1n) is 3.15. The van der Waals surface area contributed by atoms with E-state index in [1.807, 2.05) is 13.3 Å². The summed E-state index contributed by atoms with van der Waals surface area (Å²) < 4.78 is 11.7. The molecule has 11 heavy (non-hydrogen) atoms. The Morgan fingerprint density at radius 3 is 1.73 bits per heavy atom. The van der Waals surface area contributed by atoms with E-state index in [4.69, 9.17) is 5.16 Å². The molecule has 0 spiro atoms. The molecule has 0 aromatic rings. The molecule has 0 amide bonds. The van der Waals surface area contributed by atoms with Crippen molar-refractivity contribution in [2.24, 2.45) is 0 Å². The van der Waals surface area contributed by atoms with E-state index in [1.165, 1.54) is 0 Å². The summed E-state index contributed by atoms with van der Waals surface area (Å²) in [6, 6.07) is 0.